The quantitative estimate of drug-likeness (QED) is 0.815. The monoisotopic (exact) mass is 348 g/mol. The summed E-state index contributed by atoms with van der Waals surface area (Å²) in [5, 5.41) is 3.07. The lowest BCUT2D eigenvalue weighted by molar-refractivity contribution is -0.141. The summed E-state index contributed by atoms with van der Waals surface area (Å²) in [5.74, 6) is -0.610. The average molecular weight is 348 g/mol. The van der Waals surface area contributed by atoms with Crippen LogP contribution in [0, 0.1) is 5.82 Å². The summed E-state index contributed by atoms with van der Waals surface area (Å²) in [6.45, 7) is 3.77. The predicted octanol–water partition coefficient (Wildman–Crippen LogP) is 3.79. The number of hydrogen-bond acceptors (Lipinski definition) is 2. The Kier molecular flexibility index (Phi) is 7.41. The molecule has 1 saturated carbocycles. The third-order valence-electron chi connectivity index (χ3n) is 4.88. The molecule has 1 aromatic rings. The minimum absolute atomic E-state index is 0.114. The zero-order chi connectivity index (χ0) is 18.2. The van der Waals surface area contributed by atoms with E-state index in [4.69, 9.17) is 0 Å². The molecule has 25 heavy (non-hydrogen) atoms. The Morgan fingerprint density at radius 1 is 1.24 bits per heavy atom. The fraction of sp³-hybridized carbons (Fsp3) is 0.600. The van der Waals surface area contributed by atoms with E-state index in [-0.39, 0.29) is 30.2 Å². The van der Waals surface area contributed by atoms with E-state index >= 15 is 0 Å². The molecule has 0 radical (unpaired) electrons. The number of hydrogen-bond donors (Lipinski definition) is 1. The first-order chi connectivity index (χ1) is 12.0. The Bertz CT molecular complexity index is 585. The van der Waals surface area contributed by atoms with Gasteiger partial charge in [-0.05, 0) is 32.3 Å². The molecular formula is C20H29FN2O2. The molecule has 1 aliphatic rings. The Labute approximate surface area is 149 Å². The Morgan fingerprint density at radius 2 is 1.92 bits per heavy atom. The van der Waals surface area contributed by atoms with Crippen LogP contribution in [0.3, 0.4) is 0 Å². The maximum atomic E-state index is 14.0. The molecule has 1 aromatic carbocycles. The number of amides is 2. The number of benzene rings is 1. The van der Waals surface area contributed by atoms with Crippen LogP contribution in [0.25, 0.3) is 0 Å². The summed E-state index contributed by atoms with van der Waals surface area (Å²) in [6.07, 6.45) is 6.53. The first kappa shape index (κ1) is 19.4. The number of rotatable bonds is 7. The molecular weight excluding hydrogens is 319 g/mol. The van der Waals surface area contributed by atoms with E-state index in [1.54, 1.807) is 25.1 Å². The van der Waals surface area contributed by atoms with Gasteiger partial charge < -0.3 is 10.2 Å². The predicted molar refractivity (Wildman–Crippen MR) is 96.3 cm³/mol. The van der Waals surface area contributed by atoms with Gasteiger partial charge in [-0.1, -0.05) is 44.4 Å². The van der Waals surface area contributed by atoms with Crippen molar-refractivity contribution in [2.24, 2.45) is 0 Å². The van der Waals surface area contributed by atoms with Crippen LogP contribution in [0.4, 0.5) is 4.39 Å². The van der Waals surface area contributed by atoms with E-state index in [0.717, 1.165) is 25.7 Å². The van der Waals surface area contributed by atoms with Crippen molar-refractivity contribution >= 4 is 11.8 Å². The minimum atomic E-state index is -0.611. The van der Waals surface area contributed by atoms with Gasteiger partial charge in [0.05, 0.1) is 0 Å². The number of carbonyl (C=O) groups excluding carboxylic acids is 2. The van der Waals surface area contributed by atoms with Crippen LogP contribution < -0.4 is 5.32 Å². The van der Waals surface area contributed by atoms with Crippen LogP contribution in [0.2, 0.25) is 0 Å². The van der Waals surface area contributed by atoms with Crippen LogP contribution in [-0.2, 0) is 16.1 Å². The largest absolute Gasteiger partial charge is 0.352 e. The van der Waals surface area contributed by atoms with E-state index in [2.05, 4.69) is 5.32 Å². The highest BCUT2D eigenvalue weighted by molar-refractivity contribution is 5.87. The average Bonchev–Trinajstić information content (AvgIpc) is 2.61. The van der Waals surface area contributed by atoms with Crippen molar-refractivity contribution in [1.82, 2.24) is 10.2 Å². The van der Waals surface area contributed by atoms with E-state index in [1.807, 2.05) is 6.92 Å². The van der Waals surface area contributed by atoms with Crippen molar-refractivity contribution in [3.63, 3.8) is 0 Å². The van der Waals surface area contributed by atoms with Gasteiger partial charge in [-0.25, -0.2) is 4.39 Å². The highest BCUT2D eigenvalue weighted by atomic mass is 19.1. The van der Waals surface area contributed by atoms with E-state index < -0.39 is 6.04 Å². The molecule has 0 saturated heterocycles. The van der Waals surface area contributed by atoms with Gasteiger partial charge in [0.15, 0.2) is 0 Å². The molecule has 4 nitrogen and oxygen atoms in total. The minimum Gasteiger partial charge on any atom is -0.352 e. The molecule has 0 unspecified atom stereocenters. The van der Waals surface area contributed by atoms with Crippen molar-refractivity contribution in [3.05, 3.63) is 35.6 Å². The lowest BCUT2D eigenvalue weighted by Crippen LogP contribution is -2.50. The second kappa shape index (κ2) is 9.54. The standard InChI is InChI=1S/C20H29FN2O2/c1-3-9-19(24)23(14-16-10-7-8-13-18(16)21)15(2)20(25)22-17-11-5-4-6-12-17/h7-8,10,13,15,17H,3-6,9,11-12,14H2,1-2H3,(H,22,25)/t15-/m1/s1. The molecule has 138 valence electrons. The summed E-state index contributed by atoms with van der Waals surface area (Å²) in [7, 11) is 0. The molecule has 0 aromatic heterocycles. The number of nitrogens with one attached hydrogen (secondary N) is 1. The van der Waals surface area contributed by atoms with Crippen molar-refractivity contribution < 1.29 is 14.0 Å². The third-order valence-corrected chi connectivity index (χ3v) is 4.88. The molecule has 0 heterocycles. The SMILES string of the molecule is CCCC(=O)N(Cc1ccccc1F)[C@H](C)C(=O)NC1CCCCC1. The zero-order valence-corrected chi connectivity index (χ0v) is 15.3. The molecule has 2 amide bonds. The maximum Gasteiger partial charge on any atom is 0.242 e. The van der Waals surface area contributed by atoms with Gasteiger partial charge in [-0.3, -0.25) is 9.59 Å². The first-order valence-electron chi connectivity index (χ1n) is 9.36. The second-order valence-corrected chi connectivity index (χ2v) is 6.88. The third kappa shape index (κ3) is 5.55. The van der Waals surface area contributed by atoms with Crippen molar-refractivity contribution in [2.75, 3.05) is 0 Å². The molecule has 0 aliphatic heterocycles. The van der Waals surface area contributed by atoms with Crippen molar-refractivity contribution in [2.45, 2.75) is 77.4 Å². The van der Waals surface area contributed by atoms with Crippen LogP contribution in [0.5, 0.6) is 0 Å². The van der Waals surface area contributed by atoms with E-state index in [1.165, 1.54) is 17.4 Å². The van der Waals surface area contributed by atoms with Crippen LogP contribution in [0.15, 0.2) is 24.3 Å². The normalized spacial score (nSPS) is 16.3. The zero-order valence-electron chi connectivity index (χ0n) is 15.3. The topological polar surface area (TPSA) is 49.4 Å². The number of carbonyl (C=O) groups is 2. The van der Waals surface area contributed by atoms with Crippen LogP contribution in [0.1, 0.15) is 64.4 Å². The van der Waals surface area contributed by atoms with Gasteiger partial charge in [0.25, 0.3) is 0 Å². The van der Waals surface area contributed by atoms with Gasteiger partial charge >= 0.3 is 0 Å². The van der Waals surface area contributed by atoms with Gasteiger partial charge in [0.1, 0.15) is 11.9 Å². The Morgan fingerprint density at radius 3 is 2.56 bits per heavy atom. The second-order valence-electron chi connectivity index (χ2n) is 6.88. The maximum absolute atomic E-state index is 14.0. The summed E-state index contributed by atoms with van der Waals surface area (Å²) in [4.78, 5) is 26.7. The van der Waals surface area contributed by atoms with E-state index in [0.29, 0.717) is 18.4 Å². The highest BCUT2D eigenvalue weighted by Gasteiger charge is 2.28. The van der Waals surface area contributed by atoms with Gasteiger partial charge in [-0.2, -0.15) is 0 Å². The van der Waals surface area contributed by atoms with Crippen LogP contribution in [-0.4, -0.2) is 28.8 Å². The number of halogens is 1. The molecule has 0 bridgehead atoms. The first-order valence-corrected chi connectivity index (χ1v) is 9.36. The summed E-state index contributed by atoms with van der Waals surface area (Å²) in [5.41, 5.74) is 0.435. The molecule has 1 aliphatic carbocycles. The van der Waals surface area contributed by atoms with Gasteiger partial charge in [-0.15, -0.1) is 0 Å². The molecule has 1 fully saturated rings. The molecule has 1 N–H and O–H groups in total. The fourth-order valence-electron chi connectivity index (χ4n) is 3.32. The van der Waals surface area contributed by atoms with Gasteiger partial charge in [0, 0.05) is 24.6 Å². The fourth-order valence-corrected chi connectivity index (χ4v) is 3.32. The molecule has 0 spiro atoms. The summed E-state index contributed by atoms with van der Waals surface area (Å²) < 4.78 is 14.0. The number of nitrogens with zero attached hydrogens (tertiary/aromatic N) is 1. The molecule has 2 rings (SSSR count). The van der Waals surface area contributed by atoms with E-state index in [9.17, 15) is 14.0 Å². The van der Waals surface area contributed by atoms with Crippen LogP contribution >= 0.6 is 0 Å². The van der Waals surface area contributed by atoms with Crippen molar-refractivity contribution in [3.8, 4) is 0 Å². The lowest BCUT2D eigenvalue weighted by atomic mass is 9.95. The molecule has 1 atom stereocenters. The smallest absolute Gasteiger partial charge is 0.242 e. The van der Waals surface area contributed by atoms with Gasteiger partial charge in [0.2, 0.25) is 11.8 Å². The molecule has 5 heteroatoms. The Balaban J connectivity index is 2.08. The van der Waals surface area contributed by atoms with Crippen molar-refractivity contribution in [1.29, 1.82) is 0 Å². The lowest BCUT2D eigenvalue weighted by Gasteiger charge is -2.31. The highest BCUT2D eigenvalue weighted by Crippen LogP contribution is 2.19. The Hall–Kier alpha value is -1.91. The summed E-state index contributed by atoms with van der Waals surface area (Å²) >= 11 is 0. The summed E-state index contributed by atoms with van der Waals surface area (Å²) in [6, 6.07) is 5.99.